The second-order valence-corrected chi connectivity index (χ2v) is 3.78. The molecule has 4 nitrogen and oxygen atoms in total. The van der Waals surface area contributed by atoms with Crippen LogP contribution in [0.4, 0.5) is 0 Å². The van der Waals surface area contributed by atoms with Crippen LogP contribution in [0.3, 0.4) is 0 Å². The lowest BCUT2D eigenvalue weighted by Crippen LogP contribution is -2.23. The summed E-state index contributed by atoms with van der Waals surface area (Å²) in [6.45, 7) is 7.05. The molecule has 0 heterocycles. The largest absolute Gasteiger partial charge is 0.319 e. The number of nitrogens with zero attached hydrogens (tertiary/aromatic N) is 2. The molecular weight excluding hydrogens is 228 g/mol. The predicted molar refractivity (Wildman–Crippen MR) is 71.0 cm³/mol. The Kier molecular flexibility index (Phi) is 4.43. The minimum absolute atomic E-state index is 0.207. The summed E-state index contributed by atoms with van der Waals surface area (Å²) in [6, 6.07) is 6.55. The van der Waals surface area contributed by atoms with Crippen LogP contribution in [0.15, 0.2) is 49.8 Å². The summed E-state index contributed by atoms with van der Waals surface area (Å²) in [5.41, 5.74) is 0.890. The van der Waals surface area contributed by atoms with Gasteiger partial charge < -0.3 is 9.80 Å². The van der Waals surface area contributed by atoms with Crippen LogP contribution in [0.2, 0.25) is 0 Å². The van der Waals surface area contributed by atoms with E-state index in [1.807, 2.05) is 0 Å². The number of carbonyl (C=O) groups is 2. The third-order valence-corrected chi connectivity index (χ3v) is 2.54. The molecule has 0 radical (unpaired) electrons. The summed E-state index contributed by atoms with van der Waals surface area (Å²) in [6.07, 6.45) is 2.85. The zero-order valence-corrected chi connectivity index (χ0v) is 10.6. The van der Waals surface area contributed by atoms with Crippen LogP contribution < -0.4 is 0 Å². The fourth-order valence-electron chi connectivity index (χ4n) is 1.36. The molecule has 0 atom stereocenters. The lowest BCUT2D eigenvalue weighted by atomic mass is 10.1. The third-order valence-electron chi connectivity index (χ3n) is 2.54. The van der Waals surface area contributed by atoms with Gasteiger partial charge in [-0.3, -0.25) is 9.59 Å². The summed E-state index contributed by atoms with van der Waals surface area (Å²) >= 11 is 0. The standard InChI is InChI=1S/C14H16N2O2/c1-5-15(3)13(17)11-8-7-9-12(10-11)14(18)16(4)6-2/h5-10H,1-2H2,3-4H3. The second kappa shape index (κ2) is 5.82. The molecule has 1 aromatic rings. The van der Waals surface area contributed by atoms with Crippen molar-refractivity contribution in [3.05, 3.63) is 61.0 Å². The molecule has 94 valence electrons. The first-order chi connectivity index (χ1) is 8.51. The number of hydrogen-bond donors (Lipinski definition) is 0. The van der Waals surface area contributed by atoms with Gasteiger partial charge in [0.15, 0.2) is 0 Å². The Morgan fingerprint density at radius 3 is 1.72 bits per heavy atom. The van der Waals surface area contributed by atoms with Gasteiger partial charge in [0, 0.05) is 25.2 Å². The van der Waals surface area contributed by atoms with E-state index in [1.165, 1.54) is 22.2 Å². The lowest BCUT2D eigenvalue weighted by molar-refractivity contribution is 0.0850. The van der Waals surface area contributed by atoms with E-state index in [-0.39, 0.29) is 11.8 Å². The van der Waals surface area contributed by atoms with E-state index in [0.29, 0.717) is 11.1 Å². The van der Waals surface area contributed by atoms with Crippen LogP contribution in [0.5, 0.6) is 0 Å². The lowest BCUT2D eigenvalue weighted by Gasteiger charge is -2.14. The Morgan fingerprint density at radius 1 is 1.00 bits per heavy atom. The Labute approximate surface area is 107 Å². The molecular formula is C14H16N2O2. The number of carbonyl (C=O) groups excluding carboxylic acids is 2. The maximum Gasteiger partial charge on any atom is 0.257 e. The molecule has 1 aromatic carbocycles. The van der Waals surface area contributed by atoms with E-state index < -0.39 is 0 Å². The highest BCUT2D eigenvalue weighted by atomic mass is 16.2. The van der Waals surface area contributed by atoms with Gasteiger partial charge in [-0.25, -0.2) is 0 Å². The van der Waals surface area contributed by atoms with Gasteiger partial charge in [-0.15, -0.1) is 0 Å². The summed E-state index contributed by atoms with van der Waals surface area (Å²) in [5.74, 6) is -0.415. The van der Waals surface area contributed by atoms with Crippen molar-refractivity contribution in [1.29, 1.82) is 0 Å². The summed E-state index contributed by atoms with van der Waals surface area (Å²) in [4.78, 5) is 26.5. The first-order valence-electron chi connectivity index (χ1n) is 5.40. The molecule has 0 saturated heterocycles. The molecule has 4 heteroatoms. The van der Waals surface area contributed by atoms with Crippen molar-refractivity contribution in [2.75, 3.05) is 14.1 Å². The zero-order chi connectivity index (χ0) is 13.7. The van der Waals surface area contributed by atoms with Gasteiger partial charge in [-0.2, -0.15) is 0 Å². The van der Waals surface area contributed by atoms with E-state index in [0.717, 1.165) is 0 Å². The smallest absolute Gasteiger partial charge is 0.257 e. The average molecular weight is 244 g/mol. The number of amides is 2. The van der Waals surface area contributed by atoms with Crippen LogP contribution in [0, 0.1) is 0 Å². The van der Waals surface area contributed by atoms with E-state index in [2.05, 4.69) is 13.2 Å². The Hall–Kier alpha value is -2.36. The highest BCUT2D eigenvalue weighted by molar-refractivity contribution is 6.00. The molecule has 0 bridgehead atoms. The van der Waals surface area contributed by atoms with Crippen molar-refractivity contribution in [2.24, 2.45) is 0 Å². The van der Waals surface area contributed by atoms with Gasteiger partial charge in [0.05, 0.1) is 0 Å². The van der Waals surface area contributed by atoms with E-state index in [1.54, 1.807) is 38.4 Å². The second-order valence-electron chi connectivity index (χ2n) is 3.78. The van der Waals surface area contributed by atoms with Crippen LogP contribution in [0.1, 0.15) is 20.7 Å². The van der Waals surface area contributed by atoms with E-state index >= 15 is 0 Å². The summed E-state index contributed by atoms with van der Waals surface area (Å²) in [5, 5.41) is 0. The first kappa shape index (κ1) is 13.7. The van der Waals surface area contributed by atoms with Gasteiger partial charge >= 0.3 is 0 Å². The van der Waals surface area contributed by atoms with Crippen molar-refractivity contribution < 1.29 is 9.59 Å². The highest BCUT2D eigenvalue weighted by Gasteiger charge is 2.13. The average Bonchev–Trinajstić information content (AvgIpc) is 2.43. The minimum Gasteiger partial charge on any atom is -0.319 e. The normalized spacial score (nSPS) is 9.44. The Balaban J connectivity index is 3.06. The van der Waals surface area contributed by atoms with Crippen molar-refractivity contribution in [3.63, 3.8) is 0 Å². The molecule has 0 unspecified atom stereocenters. The zero-order valence-electron chi connectivity index (χ0n) is 10.6. The van der Waals surface area contributed by atoms with Crippen molar-refractivity contribution in [2.45, 2.75) is 0 Å². The molecule has 0 aliphatic carbocycles. The molecule has 0 aromatic heterocycles. The molecule has 0 spiro atoms. The molecule has 0 saturated carbocycles. The SMILES string of the molecule is C=CN(C)C(=O)c1cccc(C(=O)N(C)C=C)c1. The Bertz CT molecular complexity index is 453. The summed E-state index contributed by atoms with van der Waals surface area (Å²) in [7, 11) is 3.22. The van der Waals surface area contributed by atoms with Gasteiger partial charge in [-0.1, -0.05) is 19.2 Å². The van der Waals surface area contributed by atoms with Crippen molar-refractivity contribution in [3.8, 4) is 0 Å². The fourth-order valence-corrected chi connectivity index (χ4v) is 1.36. The van der Waals surface area contributed by atoms with Gasteiger partial charge in [0.25, 0.3) is 11.8 Å². The van der Waals surface area contributed by atoms with Crippen molar-refractivity contribution >= 4 is 11.8 Å². The van der Waals surface area contributed by atoms with Crippen LogP contribution in [-0.2, 0) is 0 Å². The highest BCUT2D eigenvalue weighted by Crippen LogP contribution is 2.10. The monoisotopic (exact) mass is 244 g/mol. The molecule has 0 N–H and O–H groups in total. The van der Waals surface area contributed by atoms with Crippen LogP contribution in [0.25, 0.3) is 0 Å². The van der Waals surface area contributed by atoms with Crippen LogP contribution >= 0.6 is 0 Å². The molecule has 0 aliphatic heterocycles. The molecule has 2 amide bonds. The van der Waals surface area contributed by atoms with E-state index in [4.69, 9.17) is 0 Å². The summed E-state index contributed by atoms with van der Waals surface area (Å²) < 4.78 is 0. The number of benzene rings is 1. The van der Waals surface area contributed by atoms with E-state index in [9.17, 15) is 9.59 Å². The number of hydrogen-bond acceptors (Lipinski definition) is 2. The van der Waals surface area contributed by atoms with Gasteiger partial charge in [0.1, 0.15) is 0 Å². The molecule has 1 rings (SSSR count). The first-order valence-corrected chi connectivity index (χ1v) is 5.40. The number of rotatable bonds is 4. The van der Waals surface area contributed by atoms with Gasteiger partial charge in [0.2, 0.25) is 0 Å². The van der Waals surface area contributed by atoms with Crippen molar-refractivity contribution in [1.82, 2.24) is 9.80 Å². The minimum atomic E-state index is -0.207. The Morgan fingerprint density at radius 2 is 1.39 bits per heavy atom. The van der Waals surface area contributed by atoms with Crippen LogP contribution in [-0.4, -0.2) is 35.7 Å². The maximum absolute atomic E-state index is 11.9. The quantitative estimate of drug-likeness (QED) is 0.814. The third kappa shape index (κ3) is 2.85. The van der Waals surface area contributed by atoms with Gasteiger partial charge in [-0.05, 0) is 30.6 Å². The predicted octanol–water partition coefficient (Wildman–Crippen LogP) is 2.12. The topological polar surface area (TPSA) is 40.6 Å². The molecule has 0 fully saturated rings. The maximum atomic E-state index is 11.9. The fraction of sp³-hybridized carbons (Fsp3) is 0.143. The molecule has 18 heavy (non-hydrogen) atoms. The molecule has 0 aliphatic rings.